The van der Waals surface area contributed by atoms with Crippen LogP contribution in [0, 0.1) is 11.7 Å². The Morgan fingerprint density at radius 1 is 1.05 bits per heavy atom. The number of rotatable bonds is 5. The summed E-state index contributed by atoms with van der Waals surface area (Å²) in [4.78, 5) is 0. The van der Waals surface area contributed by atoms with Gasteiger partial charge in [0.25, 0.3) is 0 Å². The minimum atomic E-state index is -0.200. The van der Waals surface area contributed by atoms with Gasteiger partial charge in [0.05, 0.1) is 0 Å². The molecular formula is C16H14Br2ClF. The molecule has 0 N–H and O–H groups in total. The molecule has 0 radical (unpaired) electrons. The molecule has 106 valence electrons. The van der Waals surface area contributed by atoms with Gasteiger partial charge in [-0.05, 0) is 54.2 Å². The van der Waals surface area contributed by atoms with E-state index in [9.17, 15) is 4.39 Å². The molecule has 20 heavy (non-hydrogen) atoms. The third-order valence-corrected chi connectivity index (χ3v) is 5.26. The molecule has 0 aliphatic rings. The van der Waals surface area contributed by atoms with Crippen LogP contribution in [-0.4, -0.2) is 5.33 Å². The van der Waals surface area contributed by atoms with E-state index in [1.807, 2.05) is 24.3 Å². The molecule has 4 heteroatoms. The molecule has 0 aromatic heterocycles. The average molecular weight is 421 g/mol. The lowest BCUT2D eigenvalue weighted by Gasteiger charge is -2.16. The molecule has 0 bridgehead atoms. The van der Waals surface area contributed by atoms with Crippen molar-refractivity contribution in [1.82, 2.24) is 0 Å². The molecule has 0 saturated carbocycles. The molecule has 0 aliphatic carbocycles. The summed E-state index contributed by atoms with van der Waals surface area (Å²) in [6, 6.07) is 12.7. The molecule has 2 aromatic carbocycles. The van der Waals surface area contributed by atoms with Gasteiger partial charge in [0.15, 0.2) is 0 Å². The summed E-state index contributed by atoms with van der Waals surface area (Å²) in [6.07, 6.45) is 1.67. The van der Waals surface area contributed by atoms with E-state index in [-0.39, 0.29) is 5.82 Å². The first-order chi connectivity index (χ1) is 9.60. The van der Waals surface area contributed by atoms with Gasteiger partial charge < -0.3 is 0 Å². The zero-order valence-corrected chi connectivity index (χ0v) is 14.7. The molecule has 1 atom stereocenters. The van der Waals surface area contributed by atoms with Crippen LogP contribution < -0.4 is 0 Å². The molecule has 0 spiro atoms. The number of halogens is 4. The Bertz CT molecular complexity index is 586. The number of hydrogen-bond donors (Lipinski definition) is 0. The van der Waals surface area contributed by atoms with Crippen molar-refractivity contribution in [3.8, 4) is 0 Å². The van der Waals surface area contributed by atoms with E-state index in [0.717, 1.165) is 38.8 Å². The van der Waals surface area contributed by atoms with E-state index < -0.39 is 0 Å². The van der Waals surface area contributed by atoms with Crippen LogP contribution >= 0.6 is 43.5 Å². The monoisotopic (exact) mass is 418 g/mol. The smallest absolute Gasteiger partial charge is 0.123 e. The van der Waals surface area contributed by atoms with E-state index in [1.54, 1.807) is 12.1 Å². The largest absolute Gasteiger partial charge is 0.207 e. The van der Waals surface area contributed by atoms with Crippen molar-refractivity contribution in [3.05, 3.63) is 68.9 Å². The highest BCUT2D eigenvalue weighted by atomic mass is 79.9. The SMILES string of the molecule is Fc1ccc(Br)c(CC(CBr)Cc2ccccc2Cl)c1. The predicted molar refractivity (Wildman–Crippen MR) is 90.2 cm³/mol. The van der Waals surface area contributed by atoms with Crippen molar-refractivity contribution in [2.24, 2.45) is 5.92 Å². The third kappa shape index (κ3) is 4.31. The maximum atomic E-state index is 13.3. The lowest BCUT2D eigenvalue weighted by atomic mass is 9.94. The third-order valence-electron chi connectivity index (χ3n) is 3.20. The van der Waals surface area contributed by atoms with E-state index in [1.165, 1.54) is 6.07 Å². The van der Waals surface area contributed by atoms with Crippen molar-refractivity contribution in [3.63, 3.8) is 0 Å². The standard InChI is InChI=1S/C16H14Br2ClF/c17-10-11(7-12-3-1-2-4-16(12)19)8-13-9-14(20)5-6-15(13)18/h1-6,9,11H,7-8,10H2. The fourth-order valence-electron chi connectivity index (χ4n) is 2.17. The highest BCUT2D eigenvalue weighted by molar-refractivity contribution is 9.10. The summed E-state index contributed by atoms with van der Waals surface area (Å²) in [7, 11) is 0. The Morgan fingerprint density at radius 2 is 1.75 bits per heavy atom. The first kappa shape index (κ1) is 16.0. The van der Waals surface area contributed by atoms with Gasteiger partial charge in [0.1, 0.15) is 5.82 Å². The minimum absolute atomic E-state index is 0.200. The molecule has 0 aliphatic heterocycles. The van der Waals surface area contributed by atoms with Crippen molar-refractivity contribution in [1.29, 1.82) is 0 Å². The van der Waals surface area contributed by atoms with Crippen molar-refractivity contribution < 1.29 is 4.39 Å². The maximum absolute atomic E-state index is 13.3. The van der Waals surface area contributed by atoms with Gasteiger partial charge in [0, 0.05) is 14.8 Å². The Hall–Kier alpha value is -0.380. The summed E-state index contributed by atoms with van der Waals surface area (Å²) in [5.74, 6) is 0.169. The van der Waals surface area contributed by atoms with E-state index in [0.29, 0.717) is 5.92 Å². The zero-order valence-electron chi connectivity index (χ0n) is 10.8. The summed E-state index contributed by atoms with van der Waals surface area (Å²) >= 11 is 13.2. The molecule has 0 amide bonds. The van der Waals surface area contributed by atoms with Gasteiger partial charge in [0.2, 0.25) is 0 Å². The highest BCUT2D eigenvalue weighted by Crippen LogP contribution is 2.26. The van der Waals surface area contributed by atoms with Crippen LogP contribution in [0.2, 0.25) is 5.02 Å². The second-order valence-corrected chi connectivity index (χ2v) is 6.66. The Kier molecular flexibility index (Phi) is 6.06. The quantitative estimate of drug-likeness (QED) is 0.518. The number of hydrogen-bond acceptors (Lipinski definition) is 0. The average Bonchev–Trinajstić information content (AvgIpc) is 2.44. The van der Waals surface area contributed by atoms with Crippen LogP contribution in [0.4, 0.5) is 4.39 Å². The van der Waals surface area contributed by atoms with Gasteiger partial charge in [-0.1, -0.05) is 61.7 Å². The minimum Gasteiger partial charge on any atom is -0.207 e. The molecule has 2 rings (SSSR count). The fraction of sp³-hybridized carbons (Fsp3) is 0.250. The molecule has 1 unspecified atom stereocenters. The molecule has 0 heterocycles. The van der Waals surface area contributed by atoms with Gasteiger partial charge in [-0.3, -0.25) is 0 Å². The fourth-order valence-corrected chi connectivity index (χ4v) is 3.25. The lowest BCUT2D eigenvalue weighted by Crippen LogP contribution is -2.11. The predicted octanol–water partition coefficient (Wildman–Crippen LogP) is 6.04. The summed E-state index contributed by atoms with van der Waals surface area (Å²) < 4.78 is 14.3. The normalized spacial score (nSPS) is 12.4. The summed E-state index contributed by atoms with van der Waals surface area (Å²) in [6.45, 7) is 0. The summed E-state index contributed by atoms with van der Waals surface area (Å²) in [5.41, 5.74) is 2.12. The highest BCUT2D eigenvalue weighted by Gasteiger charge is 2.13. The topological polar surface area (TPSA) is 0 Å². The van der Waals surface area contributed by atoms with E-state index >= 15 is 0 Å². The van der Waals surface area contributed by atoms with Crippen LogP contribution in [0.25, 0.3) is 0 Å². The second-order valence-electron chi connectivity index (χ2n) is 4.76. The Labute approximate surface area is 140 Å². The van der Waals surface area contributed by atoms with Crippen LogP contribution in [-0.2, 0) is 12.8 Å². The van der Waals surface area contributed by atoms with Crippen molar-refractivity contribution in [2.75, 3.05) is 5.33 Å². The Balaban J connectivity index is 2.13. The lowest BCUT2D eigenvalue weighted by molar-refractivity contribution is 0.581. The molecule has 0 saturated heterocycles. The number of alkyl halides is 1. The van der Waals surface area contributed by atoms with Crippen molar-refractivity contribution >= 4 is 43.5 Å². The molecule has 2 aromatic rings. The maximum Gasteiger partial charge on any atom is 0.123 e. The van der Waals surface area contributed by atoms with Gasteiger partial charge in [-0.25, -0.2) is 4.39 Å². The van der Waals surface area contributed by atoms with Gasteiger partial charge >= 0.3 is 0 Å². The first-order valence-corrected chi connectivity index (χ1v) is 8.62. The molecule has 0 fully saturated rings. The van der Waals surface area contributed by atoms with Crippen LogP contribution in [0.1, 0.15) is 11.1 Å². The van der Waals surface area contributed by atoms with E-state index in [4.69, 9.17) is 11.6 Å². The molecular weight excluding hydrogens is 406 g/mol. The van der Waals surface area contributed by atoms with Crippen LogP contribution in [0.5, 0.6) is 0 Å². The van der Waals surface area contributed by atoms with E-state index in [2.05, 4.69) is 31.9 Å². The second kappa shape index (κ2) is 7.58. The zero-order chi connectivity index (χ0) is 14.5. The summed E-state index contributed by atoms with van der Waals surface area (Å²) in [5, 5.41) is 1.64. The van der Waals surface area contributed by atoms with Gasteiger partial charge in [-0.2, -0.15) is 0 Å². The Morgan fingerprint density at radius 3 is 2.45 bits per heavy atom. The van der Waals surface area contributed by atoms with Crippen molar-refractivity contribution in [2.45, 2.75) is 12.8 Å². The molecule has 0 nitrogen and oxygen atoms in total. The first-order valence-electron chi connectivity index (χ1n) is 6.33. The number of benzene rings is 2. The van der Waals surface area contributed by atoms with Gasteiger partial charge in [-0.15, -0.1) is 0 Å². The van der Waals surface area contributed by atoms with Crippen LogP contribution in [0.3, 0.4) is 0 Å². The van der Waals surface area contributed by atoms with Crippen LogP contribution in [0.15, 0.2) is 46.9 Å².